The highest BCUT2D eigenvalue weighted by molar-refractivity contribution is 5.17. The van der Waals surface area contributed by atoms with Crippen LogP contribution in [0, 0.1) is 5.92 Å². The van der Waals surface area contributed by atoms with E-state index in [1.54, 1.807) is 0 Å². The summed E-state index contributed by atoms with van der Waals surface area (Å²) in [5, 5.41) is 0. The van der Waals surface area contributed by atoms with Gasteiger partial charge in [0.1, 0.15) is 0 Å². The summed E-state index contributed by atoms with van der Waals surface area (Å²) in [6, 6.07) is 10.3. The Morgan fingerprint density at radius 1 is 0.750 bits per heavy atom. The predicted molar refractivity (Wildman–Crippen MR) is 97.0 cm³/mol. The molecular formula is C20H34O4. The molecule has 0 aliphatic rings. The highest BCUT2D eigenvalue weighted by atomic mass is 16.7. The lowest BCUT2D eigenvalue weighted by Crippen LogP contribution is -2.37. The van der Waals surface area contributed by atoms with Gasteiger partial charge in [0.15, 0.2) is 6.29 Å². The molecular weight excluding hydrogens is 304 g/mol. The van der Waals surface area contributed by atoms with Gasteiger partial charge in [-0.3, -0.25) is 0 Å². The van der Waals surface area contributed by atoms with Crippen LogP contribution in [-0.2, 0) is 18.9 Å². The van der Waals surface area contributed by atoms with Crippen molar-refractivity contribution in [3.63, 3.8) is 0 Å². The first-order valence-corrected chi connectivity index (χ1v) is 9.19. The van der Waals surface area contributed by atoms with Crippen molar-refractivity contribution in [2.75, 3.05) is 26.4 Å². The normalized spacial score (nSPS) is 15.4. The van der Waals surface area contributed by atoms with E-state index in [2.05, 4.69) is 19.1 Å². The standard InChI is InChI=1S/C20H34O4/c1-6-21-18(16(5)20(23-8-3)24-9-4)15-19(22-7-2)17-13-11-10-12-14-17/h10-14,16,18-20H,6-9,15H2,1-5H3. The Bertz CT molecular complexity index is 403. The fourth-order valence-electron chi connectivity index (χ4n) is 2.88. The fraction of sp³-hybridized carbons (Fsp3) is 0.700. The second-order valence-electron chi connectivity index (χ2n) is 5.72. The van der Waals surface area contributed by atoms with Crippen LogP contribution < -0.4 is 0 Å². The molecule has 0 aliphatic carbocycles. The Hall–Kier alpha value is -0.940. The van der Waals surface area contributed by atoms with Crippen LogP contribution in [0.15, 0.2) is 30.3 Å². The van der Waals surface area contributed by atoms with Crippen LogP contribution in [0.5, 0.6) is 0 Å². The smallest absolute Gasteiger partial charge is 0.162 e. The number of hydrogen-bond donors (Lipinski definition) is 0. The molecule has 1 aromatic carbocycles. The first-order valence-electron chi connectivity index (χ1n) is 9.19. The van der Waals surface area contributed by atoms with E-state index >= 15 is 0 Å². The molecule has 4 nitrogen and oxygen atoms in total. The number of hydrogen-bond acceptors (Lipinski definition) is 4. The van der Waals surface area contributed by atoms with Crippen LogP contribution in [0.25, 0.3) is 0 Å². The molecule has 138 valence electrons. The van der Waals surface area contributed by atoms with Gasteiger partial charge in [-0.2, -0.15) is 0 Å². The van der Waals surface area contributed by atoms with Gasteiger partial charge in [0.25, 0.3) is 0 Å². The number of benzene rings is 1. The summed E-state index contributed by atoms with van der Waals surface area (Å²) in [5.41, 5.74) is 1.18. The molecule has 3 unspecified atom stereocenters. The van der Waals surface area contributed by atoms with Crippen molar-refractivity contribution in [1.29, 1.82) is 0 Å². The summed E-state index contributed by atoms with van der Waals surface area (Å²) in [4.78, 5) is 0. The van der Waals surface area contributed by atoms with E-state index in [-0.39, 0.29) is 24.4 Å². The monoisotopic (exact) mass is 338 g/mol. The fourth-order valence-corrected chi connectivity index (χ4v) is 2.88. The Balaban J connectivity index is 2.87. The second kappa shape index (κ2) is 12.4. The Kier molecular flexibility index (Phi) is 10.9. The first kappa shape index (κ1) is 21.1. The van der Waals surface area contributed by atoms with E-state index in [4.69, 9.17) is 18.9 Å². The maximum Gasteiger partial charge on any atom is 0.162 e. The molecule has 4 heteroatoms. The zero-order valence-electron chi connectivity index (χ0n) is 15.9. The lowest BCUT2D eigenvalue weighted by Gasteiger charge is -2.32. The molecule has 1 aromatic rings. The van der Waals surface area contributed by atoms with Crippen molar-refractivity contribution < 1.29 is 18.9 Å². The molecule has 0 radical (unpaired) electrons. The molecule has 1 rings (SSSR count). The summed E-state index contributed by atoms with van der Waals surface area (Å²) in [7, 11) is 0. The number of ether oxygens (including phenoxy) is 4. The van der Waals surface area contributed by atoms with Gasteiger partial charge in [-0.1, -0.05) is 37.3 Å². The van der Waals surface area contributed by atoms with Crippen molar-refractivity contribution in [2.45, 2.75) is 59.5 Å². The SMILES string of the molecule is CCOC(CC(OCC)C(C)C(OCC)OCC)c1ccccc1. The van der Waals surface area contributed by atoms with E-state index in [0.29, 0.717) is 26.4 Å². The molecule has 0 heterocycles. The first-order chi connectivity index (χ1) is 11.7. The molecule has 0 saturated carbocycles. The van der Waals surface area contributed by atoms with Gasteiger partial charge in [0.2, 0.25) is 0 Å². The van der Waals surface area contributed by atoms with Gasteiger partial charge >= 0.3 is 0 Å². The summed E-state index contributed by atoms with van der Waals surface area (Å²) in [6.07, 6.45) is 0.548. The minimum Gasteiger partial charge on any atom is -0.378 e. The van der Waals surface area contributed by atoms with Gasteiger partial charge in [-0.05, 0) is 33.3 Å². The average Bonchev–Trinajstić information content (AvgIpc) is 2.60. The summed E-state index contributed by atoms with van der Waals surface area (Å²) in [6.45, 7) is 12.7. The zero-order chi connectivity index (χ0) is 17.8. The molecule has 0 aliphatic heterocycles. The highest BCUT2D eigenvalue weighted by Crippen LogP contribution is 2.29. The quantitative estimate of drug-likeness (QED) is 0.493. The lowest BCUT2D eigenvalue weighted by molar-refractivity contribution is -0.192. The zero-order valence-corrected chi connectivity index (χ0v) is 15.9. The molecule has 3 atom stereocenters. The van der Waals surface area contributed by atoms with E-state index in [1.807, 2.05) is 45.9 Å². The molecule has 0 fully saturated rings. The van der Waals surface area contributed by atoms with Gasteiger partial charge in [-0.25, -0.2) is 0 Å². The van der Waals surface area contributed by atoms with E-state index < -0.39 is 0 Å². The van der Waals surface area contributed by atoms with Gasteiger partial charge in [-0.15, -0.1) is 0 Å². The van der Waals surface area contributed by atoms with Crippen molar-refractivity contribution in [3.05, 3.63) is 35.9 Å². The molecule has 0 N–H and O–H groups in total. The molecule has 0 saturated heterocycles. The topological polar surface area (TPSA) is 36.9 Å². The third kappa shape index (κ3) is 6.89. The molecule has 24 heavy (non-hydrogen) atoms. The molecule has 0 amide bonds. The van der Waals surface area contributed by atoms with Crippen LogP contribution in [0.2, 0.25) is 0 Å². The van der Waals surface area contributed by atoms with E-state index in [1.165, 1.54) is 5.56 Å². The Morgan fingerprint density at radius 2 is 1.29 bits per heavy atom. The average molecular weight is 338 g/mol. The summed E-state index contributed by atoms with van der Waals surface area (Å²) < 4.78 is 23.6. The van der Waals surface area contributed by atoms with Crippen LogP contribution >= 0.6 is 0 Å². The van der Waals surface area contributed by atoms with Crippen LogP contribution in [0.1, 0.15) is 52.7 Å². The van der Waals surface area contributed by atoms with E-state index in [0.717, 1.165) is 6.42 Å². The van der Waals surface area contributed by atoms with Gasteiger partial charge in [0.05, 0.1) is 12.2 Å². The Morgan fingerprint density at radius 3 is 1.79 bits per heavy atom. The van der Waals surface area contributed by atoms with Crippen molar-refractivity contribution in [2.24, 2.45) is 5.92 Å². The summed E-state index contributed by atoms with van der Waals surface area (Å²) in [5.74, 6) is 0.122. The van der Waals surface area contributed by atoms with E-state index in [9.17, 15) is 0 Å². The Labute approximate surface area is 147 Å². The van der Waals surface area contributed by atoms with Crippen LogP contribution in [0.3, 0.4) is 0 Å². The molecule has 0 spiro atoms. The third-order valence-corrected chi connectivity index (χ3v) is 4.04. The minimum absolute atomic E-state index is 0.00913. The minimum atomic E-state index is -0.255. The third-order valence-electron chi connectivity index (χ3n) is 4.04. The summed E-state index contributed by atoms with van der Waals surface area (Å²) >= 11 is 0. The van der Waals surface area contributed by atoms with Crippen LogP contribution in [0.4, 0.5) is 0 Å². The maximum absolute atomic E-state index is 6.04. The van der Waals surface area contributed by atoms with Gasteiger partial charge < -0.3 is 18.9 Å². The van der Waals surface area contributed by atoms with Crippen molar-refractivity contribution in [3.8, 4) is 0 Å². The van der Waals surface area contributed by atoms with Crippen molar-refractivity contribution in [1.82, 2.24) is 0 Å². The molecule has 0 bridgehead atoms. The van der Waals surface area contributed by atoms with Crippen molar-refractivity contribution >= 4 is 0 Å². The number of rotatable bonds is 13. The predicted octanol–water partition coefficient (Wildman–Crippen LogP) is 4.59. The van der Waals surface area contributed by atoms with Gasteiger partial charge in [0, 0.05) is 38.8 Å². The second-order valence-corrected chi connectivity index (χ2v) is 5.72. The largest absolute Gasteiger partial charge is 0.378 e. The molecule has 0 aromatic heterocycles. The maximum atomic E-state index is 6.04. The highest BCUT2D eigenvalue weighted by Gasteiger charge is 2.30. The lowest BCUT2D eigenvalue weighted by atomic mass is 9.94. The van der Waals surface area contributed by atoms with Crippen LogP contribution in [-0.4, -0.2) is 38.8 Å².